The second-order valence-electron chi connectivity index (χ2n) is 15.7. The minimum Gasteiger partial charge on any atom is -0.462 e. The summed E-state index contributed by atoms with van der Waals surface area (Å²) in [7, 11) is 0. The summed E-state index contributed by atoms with van der Waals surface area (Å²) in [5.74, 6) is -0.893. The lowest BCUT2D eigenvalue weighted by atomic mass is 10.0. The fourth-order valence-electron chi connectivity index (χ4n) is 6.68. The monoisotopic (exact) mass is 773 g/mol. The van der Waals surface area contributed by atoms with Crippen LogP contribution in [0.5, 0.6) is 0 Å². The van der Waals surface area contributed by atoms with E-state index in [1.807, 2.05) is 0 Å². The third kappa shape index (κ3) is 42.6. The van der Waals surface area contributed by atoms with Crippen LogP contribution in [0.4, 0.5) is 0 Å². The molecule has 0 aromatic carbocycles. The molecule has 6 nitrogen and oxygen atoms in total. The first kappa shape index (κ1) is 52.6. The van der Waals surface area contributed by atoms with Crippen LogP contribution in [0.2, 0.25) is 0 Å². The zero-order valence-electron chi connectivity index (χ0n) is 36.4. The molecule has 6 heteroatoms. The number of hydrogen-bond acceptors (Lipinski definition) is 6. The van der Waals surface area contributed by atoms with E-state index in [4.69, 9.17) is 14.2 Å². The highest BCUT2D eigenvalue weighted by molar-refractivity contribution is 5.71. The number of carbonyl (C=O) groups is 3. The highest BCUT2D eigenvalue weighted by Gasteiger charge is 2.19. The molecule has 0 rings (SSSR count). The van der Waals surface area contributed by atoms with E-state index in [1.54, 1.807) is 0 Å². The lowest BCUT2D eigenvalue weighted by Gasteiger charge is -2.18. The molecule has 0 heterocycles. The van der Waals surface area contributed by atoms with Crippen LogP contribution in [0.25, 0.3) is 0 Å². The van der Waals surface area contributed by atoms with E-state index in [2.05, 4.69) is 57.2 Å². The second-order valence-corrected chi connectivity index (χ2v) is 15.7. The Hall–Kier alpha value is -2.37. The van der Waals surface area contributed by atoms with Gasteiger partial charge in [0.15, 0.2) is 6.10 Å². The third-order valence-electron chi connectivity index (χ3n) is 10.2. The normalized spacial score (nSPS) is 12.3. The standard InChI is InChI=1S/C49H88O6/c1-4-7-10-13-16-19-22-24-26-27-30-33-36-39-42-48(51)54-45-46(44-53-47(50)41-38-35-32-29-21-18-15-12-9-6-3)55-49(52)43-40-37-34-31-28-25-23-20-17-14-11-8-5-2/h8,11,14,17,20,23,46H,4-7,9-10,12-13,15-16,18-19,21-22,24-45H2,1-3H3/b11-8-,17-14-,23-20-. The molecule has 0 aromatic rings. The first-order valence-electron chi connectivity index (χ1n) is 23.5. The predicted molar refractivity (Wildman–Crippen MR) is 233 cm³/mol. The quantitative estimate of drug-likeness (QED) is 0.0266. The van der Waals surface area contributed by atoms with Crippen LogP contribution < -0.4 is 0 Å². The summed E-state index contributed by atoms with van der Waals surface area (Å²) >= 11 is 0. The number of unbranched alkanes of at least 4 members (excludes halogenated alkanes) is 27. The van der Waals surface area contributed by atoms with Crippen molar-refractivity contribution in [3.8, 4) is 0 Å². The van der Waals surface area contributed by atoms with Crippen molar-refractivity contribution >= 4 is 17.9 Å². The number of ether oxygens (including phenoxy) is 3. The van der Waals surface area contributed by atoms with Crippen molar-refractivity contribution in [1.82, 2.24) is 0 Å². The Balaban J connectivity index is 4.37. The molecule has 0 bridgehead atoms. The van der Waals surface area contributed by atoms with Gasteiger partial charge in [0.25, 0.3) is 0 Å². The molecule has 0 aliphatic carbocycles. The van der Waals surface area contributed by atoms with E-state index in [9.17, 15) is 14.4 Å². The van der Waals surface area contributed by atoms with Crippen LogP contribution in [0.15, 0.2) is 36.5 Å². The molecular weight excluding hydrogens is 685 g/mol. The van der Waals surface area contributed by atoms with E-state index in [1.165, 1.54) is 116 Å². The van der Waals surface area contributed by atoms with Gasteiger partial charge < -0.3 is 14.2 Å². The Morgan fingerprint density at radius 2 is 0.709 bits per heavy atom. The molecule has 0 amide bonds. The summed E-state index contributed by atoms with van der Waals surface area (Å²) in [6.45, 7) is 6.48. The molecule has 1 unspecified atom stereocenters. The lowest BCUT2D eigenvalue weighted by Crippen LogP contribution is -2.30. The van der Waals surface area contributed by atoms with Crippen molar-refractivity contribution < 1.29 is 28.6 Å². The Morgan fingerprint density at radius 3 is 1.09 bits per heavy atom. The van der Waals surface area contributed by atoms with Gasteiger partial charge in [-0.25, -0.2) is 0 Å². The van der Waals surface area contributed by atoms with E-state index in [0.29, 0.717) is 19.3 Å². The number of rotatable bonds is 42. The maximum atomic E-state index is 12.7. The lowest BCUT2D eigenvalue weighted by molar-refractivity contribution is -0.167. The van der Waals surface area contributed by atoms with E-state index in [-0.39, 0.29) is 31.1 Å². The van der Waals surface area contributed by atoms with Crippen LogP contribution >= 0.6 is 0 Å². The summed E-state index contributed by atoms with van der Waals surface area (Å²) in [6, 6.07) is 0. The molecule has 0 spiro atoms. The average molecular weight is 773 g/mol. The van der Waals surface area contributed by atoms with Crippen molar-refractivity contribution in [2.24, 2.45) is 0 Å². The van der Waals surface area contributed by atoms with Crippen molar-refractivity contribution in [3.63, 3.8) is 0 Å². The largest absolute Gasteiger partial charge is 0.462 e. The maximum absolute atomic E-state index is 12.7. The first-order valence-corrected chi connectivity index (χ1v) is 23.5. The number of carbonyl (C=O) groups excluding carboxylic acids is 3. The molecule has 320 valence electrons. The zero-order chi connectivity index (χ0) is 40.1. The first-order chi connectivity index (χ1) is 27.0. The van der Waals surface area contributed by atoms with E-state index in [0.717, 1.165) is 83.5 Å². The number of hydrogen-bond donors (Lipinski definition) is 0. The molecule has 0 aliphatic rings. The molecule has 0 saturated heterocycles. The molecule has 0 fully saturated rings. The molecule has 0 aromatic heterocycles. The van der Waals surface area contributed by atoms with Crippen LogP contribution in [0.3, 0.4) is 0 Å². The Labute approximate surface area is 340 Å². The van der Waals surface area contributed by atoms with Gasteiger partial charge in [-0.3, -0.25) is 14.4 Å². The predicted octanol–water partition coefficient (Wildman–Crippen LogP) is 15.0. The van der Waals surface area contributed by atoms with Crippen molar-refractivity contribution in [1.29, 1.82) is 0 Å². The smallest absolute Gasteiger partial charge is 0.306 e. The summed E-state index contributed by atoms with van der Waals surface area (Å²) in [6.07, 6.45) is 49.8. The molecule has 0 N–H and O–H groups in total. The summed E-state index contributed by atoms with van der Waals surface area (Å²) < 4.78 is 16.7. The van der Waals surface area contributed by atoms with Gasteiger partial charge in [0.1, 0.15) is 13.2 Å². The van der Waals surface area contributed by atoms with Crippen LogP contribution in [0, 0.1) is 0 Å². The summed E-state index contributed by atoms with van der Waals surface area (Å²) in [5, 5.41) is 0. The maximum Gasteiger partial charge on any atom is 0.306 e. The number of esters is 3. The topological polar surface area (TPSA) is 78.9 Å². The highest BCUT2D eigenvalue weighted by Crippen LogP contribution is 2.15. The van der Waals surface area contributed by atoms with Crippen LogP contribution in [-0.4, -0.2) is 37.2 Å². The third-order valence-corrected chi connectivity index (χ3v) is 10.2. The van der Waals surface area contributed by atoms with Gasteiger partial charge in [-0.15, -0.1) is 0 Å². The van der Waals surface area contributed by atoms with Gasteiger partial charge >= 0.3 is 17.9 Å². The summed E-state index contributed by atoms with van der Waals surface area (Å²) in [4.78, 5) is 37.7. The Morgan fingerprint density at radius 1 is 0.382 bits per heavy atom. The van der Waals surface area contributed by atoms with Crippen LogP contribution in [0.1, 0.15) is 239 Å². The van der Waals surface area contributed by atoms with Gasteiger partial charge in [0.05, 0.1) is 0 Å². The Bertz CT molecular complexity index is 938. The fraction of sp³-hybridized carbons (Fsp3) is 0.816. The van der Waals surface area contributed by atoms with Crippen molar-refractivity contribution in [3.05, 3.63) is 36.5 Å². The minimum absolute atomic E-state index is 0.0771. The second kappa shape index (κ2) is 44.3. The molecular formula is C49H88O6. The van der Waals surface area contributed by atoms with Gasteiger partial charge in [0.2, 0.25) is 0 Å². The van der Waals surface area contributed by atoms with Crippen LogP contribution in [-0.2, 0) is 28.6 Å². The fourth-order valence-corrected chi connectivity index (χ4v) is 6.68. The van der Waals surface area contributed by atoms with Gasteiger partial charge in [-0.2, -0.15) is 0 Å². The molecule has 0 radical (unpaired) electrons. The highest BCUT2D eigenvalue weighted by atomic mass is 16.6. The Kier molecular flexibility index (Phi) is 42.4. The van der Waals surface area contributed by atoms with Crippen molar-refractivity contribution in [2.75, 3.05) is 13.2 Å². The summed E-state index contributed by atoms with van der Waals surface area (Å²) in [5.41, 5.74) is 0. The van der Waals surface area contributed by atoms with Gasteiger partial charge in [0, 0.05) is 19.3 Å². The SMILES string of the molecule is CC\C=C/C=C\C=C/CCCCCCCC(=O)OC(COC(=O)CCCCCCCCCCCC)COC(=O)CCCCCCCCCCCCCCCC. The number of allylic oxidation sites excluding steroid dienone is 6. The molecule has 55 heavy (non-hydrogen) atoms. The average Bonchev–Trinajstić information content (AvgIpc) is 3.18. The molecule has 1 atom stereocenters. The zero-order valence-corrected chi connectivity index (χ0v) is 36.4. The van der Waals surface area contributed by atoms with E-state index >= 15 is 0 Å². The van der Waals surface area contributed by atoms with E-state index < -0.39 is 6.10 Å². The molecule has 0 aliphatic heterocycles. The minimum atomic E-state index is -0.775. The van der Waals surface area contributed by atoms with Gasteiger partial charge in [-0.05, 0) is 38.5 Å². The van der Waals surface area contributed by atoms with Crippen molar-refractivity contribution in [2.45, 2.75) is 245 Å². The molecule has 0 saturated carbocycles. The van der Waals surface area contributed by atoms with Gasteiger partial charge in [-0.1, -0.05) is 218 Å².